The number of urea groups is 1. The van der Waals surface area contributed by atoms with Crippen LogP contribution >= 0.6 is 0 Å². The number of rotatable bonds is 3. The molecule has 0 fully saturated rings. The molecule has 3 N–H and O–H groups in total. The molecular weight excluding hydrogens is 229 g/mol. The van der Waals surface area contributed by atoms with Gasteiger partial charge in [-0.2, -0.15) is 13.2 Å². The summed E-state index contributed by atoms with van der Waals surface area (Å²) in [5.41, 5.74) is -3.30. The van der Waals surface area contributed by atoms with Gasteiger partial charge in [-0.1, -0.05) is 0 Å². The van der Waals surface area contributed by atoms with E-state index in [4.69, 9.17) is 5.11 Å². The number of nitrogens with one attached hydrogen (secondary N) is 2. The first kappa shape index (κ1) is 14.5. The van der Waals surface area contributed by atoms with E-state index < -0.39 is 29.8 Å². The third kappa shape index (κ3) is 3.28. The van der Waals surface area contributed by atoms with Crippen molar-refractivity contribution in [3.8, 4) is 0 Å². The Balaban J connectivity index is 4.85. The monoisotopic (exact) mass is 242 g/mol. The average molecular weight is 242 g/mol. The standard InChI is InChI=1S/C8H13F3N2O3/c1-4(2)12-6(16)13-7(3,5(14)15)8(9,10)11/h4H,1-3H3,(H,14,15)(H2,12,13,16). The number of alkyl halides is 3. The molecule has 0 aromatic carbocycles. The highest BCUT2D eigenvalue weighted by atomic mass is 19.4. The molecule has 0 aliphatic rings. The van der Waals surface area contributed by atoms with Crippen LogP contribution in [0.1, 0.15) is 20.8 Å². The Labute approximate surface area is 90.0 Å². The second-order valence-electron chi connectivity index (χ2n) is 3.68. The molecule has 0 radical (unpaired) electrons. The van der Waals surface area contributed by atoms with Gasteiger partial charge in [0.2, 0.25) is 5.54 Å². The van der Waals surface area contributed by atoms with E-state index in [1.165, 1.54) is 19.2 Å². The van der Waals surface area contributed by atoms with Crippen LogP contribution in [0.4, 0.5) is 18.0 Å². The van der Waals surface area contributed by atoms with Crippen LogP contribution < -0.4 is 10.6 Å². The van der Waals surface area contributed by atoms with Crippen LogP contribution in [0.2, 0.25) is 0 Å². The van der Waals surface area contributed by atoms with Gasteiger partial charge in [0, 0.05) is 6.04 Å². The van der Waals surface area contributed by atoms with Crippen LogP contribution in [-0.2, 0) is 4.79 Å². The van der Waals surface area contributed by atoms with E-state index in [0.29, 0.717) is 6.92 Å². The Morgan fingerprint density at radius 1 is 1.25 bits per heavy atom. The lowest BCUT2D eigenvalue weighted by molar-refractivity contribution is -0.203. The summed E-state index contributed by atoms with van der Waals surface area (Å²) in [6, 6.07) is -1.58. The Bertz CT molecular complexity index is 291. The van der Waals surface area contributed by atoms with E-state index >= 15 is 0 Å². The molecule has 0 spiro atoms. The molecule has 1 atom stereocenters. The molecule has 0 bridgehead atoms. The van der Waals surface area contributed by atoms with Gasteiger partial charge in [-0.15, -0.1) is 0 Å². The first-order chi connectivity index (χ1) is 7.00. The van der Waals surface area contributed by atoms with Gasteiger partial charge in [0.05, 0.1) is 0 Å². The van der Waals surface area contributed by atoms with E-state index in [0.717, 1.165) is 0 Å². The van der Waals surface area contributed by atoms with Gasteiger partial charge in [-0.05, 0) is 20.8 Å². The molecule has 16 heavy (non-hydrogen) atoms. The number of aliphatic carboxylic acids is 1. The Morgan fingerprint density at radius 2 is 1.69 bits per heavy atom. The van der Waals surface area contributed by atoms with Crippen LogP contribution in [0.25, 0.3) is 0 Å². The number of hydrogen-bond donors (Lipinski definition) is 3. The number of carboxylic acid groups (broad SMARTS) is 1. The van der Waals surface area contributed by atoms with Crippen LogP contribution in [0.3, 0.4) is 0 Å². The molecule has 0 saturated heterocycles. The maximum atomic E-state index is 12.4. The van der Waals surface area contributed by atoms with Gasteiger partial charge < -0.3 is 15.7 Å². The van der Waals surface area contributed by atoms with E-state index in [2.05, 4.69) is 5.32 Å². The number of carbonyl (C=O) groups excluding carboxylic acids is 1. The van der Waals surface area contributed by atoms with Gasteiger partial charge in [0.15, 0.2) is 0 Å². The molecule has 8 heteroatoms. The van der Waals surface area contributed by atoms with Crippen molar-refractivity contribution in [1.82, 2.24) is 10.6 Å². The Kier molecular flexibility index (Phi) is 4.16. The van der Waals surface area contributed by atoms with E-state index in [1.807, 2.05) is 0 Å². The largest absolute Gasteiger partial charge is 0.479 e. The summed E-state index contributed by atoms with van der Waals surface area (Å²) >= 11 is 0. The number of carbonyl (C=O) groups is 2. The number of carboxylic acids is 1. The van der Waals surface area contributed by atoms with Gasteiger partial charge in [0.1, 0.15) is 0 Å². The molecule has 0 heterocycles. The van der Waals surface area contributed by atoms with Gasteiger partial charge in [0.25, 0.3) is 0 Å². The van der Waals surface area contributed by atoms with Crippen LogP contribution in [-0.4, -0.2) is 34.9 Å². The molecule has 0 aliphatic heterocycles. The Hall–Kier alpha value is -1.47. The summed E-state index contributed by atoms with van der Waals surface area (Å²) < 4.78 is 37.3. The number of hydrogen-bond acceptors (Lipinski definition) is 2. The molecule has 0 saturated carbocycles. The summed E-state index contributed by atoms with van der Waals surface area (Å²) in [5.74, 6) is -2.17. The number of amides is 2. The summed E-state index contributed by atoms with van der Waals surface area (Å²) in [4.78, 5) is 21.6. The van der Waals surface area contributed by atoms with Crippen LogP contribution in [0, 0.1) is 0 Å². The van der Waals surface area contributed by atoms with Crippen molar-refractivity contribution in [2.45, 2.75) is 38.5 Å². The minimum atomic E-state index is -5.08. The average Bonchev–Trinajstić information content (AvgIpc) is 1.99. The third-order valence-corrected chi connectivity index (χ3v) is 1.78. The lowest BCUT2D eigenvalue weighted by Gasteiger charge is -2.28. The maximum absolute atomic E-state index is 12.4. The topological polar surface area (TPSA) is 78.4 Å². The predicted octanol–water partition coefficient (Wildman–Crippen LogP) is 1.10. The fourth-order valence-corrected chi connectivity index (χ4v) is 0.771. The molecule has 5 nitrogen and oxygen atoms in total. The molecule has 94 valence electrons. The zero-order chi connectivity index (χ0) is 13.1. The molecule has 0 aromatic heterocycles. The van der Waals surface area contributed by atoms with E-state index in [1.54, 1.807) is 0 Å². The Morgan fingerprint density at radius 3 is 1.94 bits per heavy atom. The lowest BCUT2D eigenvalue weighted by Crippen LogP contribution is -2.64. The van der Waals surface area contributed by atoms with Crippen LogP contribution in [0.5, 0.6) is 0 Å². The zero-order valence-corrected chi connectivity index (χ0v) is 8.97. The third-order valence-electron chi connectivity index (χ3n) is 1.78. The minimum absolute atomic E-state index is 0.384. The van der Waals surface area contributed by atoms with Crippen molar-refractivity contribution < 1.29 is 27.9 Å². The molecule has 0 aliphatic carbocycles. The quantitative estimate of drug-likeness (QED) is 0.693. The van der Waals surface area contributed by atoms with Crippen molar-refractivity contribution >= 4 is 12.0 Å². The second-order valence-corrected chi connectivity index (χ2v) is 3.68. The SMILES string of the molecule is CC(C)NC(=O)NC(C)(C(=O)O)C(F)(F)F. The van der Waals surface area contributed by atoms with Crippen molar-refractivity contribution in [3.05, 3.63) is 0 Å². The van der Waals surface area contributed by atoms with Gasteiger partial charge in [-0.3, -0.25) is 0 Å². The highest BCUT2D eigenvalue weighted by molar-refractivity contribution is 5.86. The molecule has 2 amide bonds. The van der Waals surface area contributed by atoms with Crippen LogP contribution in [0.15, 0.2) is 0 Å². The van der Waals surface area contributed by atoms with Gasteiger partial charge >= 0.3 is 18.2 Å². The molecule has 0 rings (SSSR count). The fourth-order valence-electron chi connectivity index (χ4n) is 0.771. The van der Waals surface area contributed by atoms with Crippen molar-refractivity contribution in [2.24, 2.45) is 0 Å². The maximum Gasteiger partial charge on any atom is 0.422 e. The van der Waals surface area contributed by atoms with Crippen molar-refractivity contribution in [3.63, 3.8) is 0 Å². The highest BCUT2D eigenvalue weighted by Crippen LogP contribution is 2.30. The highest BCUT2D eigenvalue weighted by Gasteiger charge is 2.58. The smallest absolute Gasteiger partial charge is 0.422 e. The summed E-state index contributed by atoms with van der Waals surface area (Å²) in [6.45, 7) is 3.45. The predicted molar refractivity (Wildman–Crippen MR) is 48.9 cm³/mol. The molecule has 1 unspecified atom stereocenters. The molecular formula is C8H13F3N2O3. The number of halogens is 3. The summed E-state index contributed by atoms with van der Waals surface area (Å²) in [5, 5.41) is 12.0. The molecule has 0 aromatic rings. The fraction of sp³-hybridized carbons (Fsp3) is 0.750. The van der Waals surface area contributed by atoms with Crippen molar-refractivity contribution in [1.29, 1.82) is 0 Å². The first-order valence-corrected chi connectivity index (χ1v) is 4.39. The summed E-state index contributed by atoms with van der Waals surface area (Å²) in [6.07, 6.45) is -5.08. The first-order valence-electron chi connectivity index (χ1n) is 4.39. The van der Waals surface area contributed by atoms with Crippen molar-refractivity contribution in [2.75, 3.05) is 0 Å². The lowest BCUT2D eigenvalue weighted by atomic mass is 10.0. The summed E-state index contributed by atoms with van der Waals surface area (Å²) in [7, 11) is 0. The minimum Gasteiger partial charge on any atom is -0.479 e. The second kappa shape index (κ2) is 4.58. The van der Waals surface area contributed by atoms with E-state index in [9.17, 15) is 22.8 Å². The normalized spacial score (nSPS) is 15.4. The zero-order valence-electron chi connectivity index (χ0n) is 8.97. The van der Waals surface area contributed by atoms with E-state index in [-0.39, 0.29) is 0 Å². The van der Waals surface area contributed by atoms with Gasteiger partial charge in [-0.25, -0.2) is 9.59 Å².